The maximum absolute atomic E-state index is 5.80. The summed E-state index contributed by atoms with van der Waals surface area (Å²) in [7, 11) is 1.72. The first-order chi connectivity index (χ1) is 12.4. The standard InChI is InChI=1S/C24H18O/c1-25-23(16-15-18-9-3-2-4-10-18)24-21-13-7-5-11-19(21)17-20-12-6-8-14-22(20)24/h2-14,17,23H,1H3. The van der Waals surface area contributed by atoms with E-state index in [9.17, 15) is 0 Å². The van der Waals surface area contributed by atoms with Crippen LogP contribution in [0.5, 0.6) is 0 Å². The van der Waals surface area contributed by atoms with Gasteiger partial charge in [0.15, 0.2) is 0 Å². The molecule has 0 bridgehead atoms. The van der Waals surface area contributed by atoms with Gasteiger partial charge in [0.05, 0.1) is 0 Å². The molecule has 1 heteroatoms. The van der Waals surface area contributed by atoms with Gasteiger partial charge >= 0.3 is 0 Å². The van der Waals surface area contributed by atoms with Crippen molar-refractivity contribution in [3.05, 3.63) is 96.1 Å². The largest absolute Gasteiger partial charge is 0.364 e. The number of rotatable bonds is 2. The van der Waals surface area contributed by atoms with E-state index in [0.29, 0.717) is 0 Å². The van der Waals surface area contributed by atoms with Crippen molar-refractivity contribution in [3.63, 3.8) is 0 Å². The second-order valence-electron chi connectivity index (χ2n) is 5.98. The Hall–Kier alpha value is -3.08. The van der Waals surface area contributed by atoms with Crippen LogP contribution in [0, 0.1) is 11.8 Å². The molecule has 0 saturated heterocycles. The van der Waals surface area contributed by atoms with E-state index in [1.54, 1.807) is 7.11 Å². The van der Waals surface area contributed by atoms with E-state index in [0.717, 1.165) is 11.1 Å². The lowest BCUT2D eigenvalue weighted by atomic mass is 9.93. The topological polar surface area (TPSA) is 9.23 Å². The maximum Gasteiger partial charge on any atom is 0.144 e. The van der Waals surface area contributed by atoms with Crippen molar-refractivity contribution in [2.45, 2.75) is 6.10 Å². The lowest BCUT2D eigenvalue weighted by Crippen LogP contribution is -2.01. The molecule has 0 spiro atoms. The van der Waals surface area contributed by atoms with Gasteiger partial charge < -0.3 is 4.74 Å². The smallest absolute Gasteiger partial charge is 0.144 e. The van der Waals surface area contributed by atoms with E-state index >= 15 is 0 Å². The zero-order valence-electron chi connectivity index (χ0n) is 14.1. The minimum atomic E-state index is -0.281. The van der Waals surface area contributed by atoms with E-state index in [1.807, 2.05) is 30.3 Å². The van der Waals surface area contributed by atoms with Gasteiger partial charge in [-0.25, -0.2) is 0 Å². The van der Waals surface area contributed by atoms with Gasteiger partial charge in [0.25, 0.3) is 0 Å². The molecule has 0 aliphatic carbocycles. The minimum Gasteiger partial charge on any atom is -0.364 e. The predicted molar refractivity (Wildman–Crippen MR) is 105 cm³/mol. The van der Waals surface area contributed by atoms with Crippen LogP contribution in [0.2, 0.25) is 0 Å². The van der Waals surface area contributed by atoms with Gasteiger partial charge in [0, 0.05) is 18.2 Å². The van der Waals surface area contributed by atoms with Crippen LogP contribution >= 0.6 is 0 Å². The highest BCUT2D eigenvalue weighted by atomic mass is 16.5. The lowest BCUT2D eigenvalue weighted by molar-refractivity contribution is 0.152. The third-order valence-corrected chi connectivity index (χ3v) is 4.43. The van der Waals surface area contributed by atoms with Gasteiger partial charge in [-0.1, -0.05) is 78.6 Å². The zero-order chi connectivity index (χ0) is 17.1. The van der Waals surface area contributed by atoms with Crippen molar-refractivity contribution in [1.82, 2.24) is 0 Å². The van der Waals surface area contributed by atoms with Gasteiger partial charge in [-0.3, -0.25) is 0 Å². The lowest BCUT2D eigenvalue weighted by Gasteiger charge is -2.16. The molecular formula is C24H18O. The maximum atomic E-state index is 5.80. The van der Waals surface area contributed by atoms with Crippen LogP contribution in [0.25, 0.3) is 21.5 Å². The molecule has 4 rings (SSSR count). The molecule has 0 aliphatic rings. The van der Waals surface area contributed by atoms with Crippen molar-refractivity contribution in [2.75, 3.05) is 7.11 Å². The van der Waals surface area contributed by atoms with E-state index in [2.05, 4.69) is 66.4 Å². The Labute approximate surface area is 147 Å². The summed E-state index contributed by atoms with van der Waals surface area (Å²) < 4.78 is 5.80. The molecular weight excluding hydrogens is 304 g/mol. The molecule has 1 nitrogen and oxygen atoms in total. The zero-order valence-corrected chi connectivity index (χ0v) is 14.1. The molecule has 4 aromatic rings. The van der Waals surface area contributed by atoms with Crippen LogP contribution in [-0.4, -0.2) is 7.11 Å². The molecule has 0 heterocycles. The molecule has 0 fully saturated rings. The SMILES string of the molecule is COC(C#Cc1ccccc1)c1c2ccccc2cc2ccccc12. The summed E-state index contributed by atoms with van der Waals surface area (Å²) >= 11 is 0. The van der Waals surface area contributed by atoms with E-state index in [-0.39, 0.29) is 6.10 Å². The summed E-state index contributed by atoms with van der Waals surface area (Å²) in [6, 6.07) is 29.1. The van der Waals surface area contributed by atoms with Crippen LogP contribution in [0.1, 0.15) is 17.2 Å². The summed E-state index contributed by atoms with van der Waals surface area (Å²) in [5.41, 5.74) is 2.13. The van der Waals surface area contributed by atoms with E-state index in [4.69, 9.17) is 4.74 Å². The number of methoxy groups -OCH3 is 1. The highest BCUT2D eigenvalue weighted by molar-refractivity contribution is 6.02. The van der Waals surface area contributed by atoms with Gasteiger partial charge in [0.2, 0.25) is 0 Å². The quantitative estimate of drug-likeness (QED) is 0.338. The average molecular weight is 322 g/mol. The molecule has 120 valence electrons. The summed E-state index contributed by atoms with van der Waals surface area (Å²) in [4.78, 5) is 0. The fourth-order valence-corrected chi connectivity index (χ4v) is 3.25. The van der Waals surface area contributed by atoms with Crippen LogP contribution in [0.15, 0.2) is 84.9 Å². The number of hydrogen-bond acceptors (Lipinski definition) is 1. The van der Waals surface area contributed by atoms with Gasteiger partial charge in [0.1, 0.15) is 6.10 Å². The number of ether oxygens (including phenoxy) is 1. The van der Waals surface area contributed by atoms with Crippen molar-refractivity contribution in [1.29, 1.82) is 0 Å². The minimum absolute atomic E-state index is 0.281. The Morgan fingerprint density at radius 2 is 1.28 bits per heavy atom. The molecule has 25 heavy (non-hydrogen) atoms. The van der Waals surface area contributed by atoms with Crippen LogP contribution in [-0.2, 0) is 4.74 Å². The first-order valence-corrected chi connectivity index (χ1v) is 8.36. The molecule has 0 N–H and O–H groups in total. The van der Waals surface area contributed by atoms with Crippen molar-refractivity contribution < 1.29 is 4.74 Å². The third-order valence-electron chi connectivity index (χ3n) is 4.43. The Bertz CT molecular complexity index is 1030. The second-order valence-corrected chi connectivity index (χ2v) is 5.98. The average Bonchev–Trinajstić information content (AvgIpc) is 2.68. The summed E-state index contributed by atoms with van der Waals surface area (Å²) in [6.45, 7) is 0. The van der Waals surface area contributed by atoms with Gasteiger partial charge in [-0.15, -0.1) is 0 Å². The molecule has 0 aliphatic heterocycles. The molecule has 4 aromatic carbocycles. The normalized spacial score (nSPS) is 11.9. The van der Waals surface area contributed by atoms with Gasteiger partial charge in [-0.2, -0.15) is 0 Å². The second kappa shape index (κ2) is 6.81. The monoisotopic (exact) mass is 322 g/mol. The molecule has 0 amide bonds. The fraction of sp³-hybridized carbons (Fsp3) is 0.0833. The highest BCUT2D eigenvalue weighted by Crippen LogP contribution is 2.33. The van der Waals surface area contributed by atoms with Crippen molar-refractivity contribution in [2.24, 2.45) is 0 Å². The van der Waals surface area contributed by atoms with Crippen molar-refractivity contribution >= 4 is 21.5 Å². The van der Waals surface area contributed by atoms with Crippen molar-refractivity contribution in [3.8, 4) is 11.8 Å². The first kappa shape index (κ1) is 15.4. The molecule has 1 atom stereocenters. The summed E-state index contributed by atoms with van der Waals surface area (Å²) in [5.74, 6) is 6.56. The Morgan fingerprint density at radius 3 is 1.88 bits per heavy atom. The van der Waals surface area contributed by atoms with Crippen LogP contribution < -0.4 is 0 Å². The Kier molecular flexibility index (Phi) is 4.21. The Balaban J connectivity index is 1.95. The fourth-order valence-electron chi connectivity index (χ4n) is 3.25. The third kappa shape index (κ3) is 3.01. The first-order valence-electron chi connectivity index (χ1n) is 8.36. The predicted octanol–water partition coefficient (Wildman–Crippen LogP) is 5.73. The summed E-state index contributed by atoms with van der Waals surface area (Å²) in [5, 5.41) is 4.80. The number of benzene rings is 4. The van der Waals surface area contributed by atoms with Crippen LogP contribution in [0.4, 0.5) is 0 Å². The van der Waals surface area contributed by atoms with E-state index in [1.165, 1.54) is 21.5 Å². The Morgan fingerprint density at radius 1 is 0.720 bits per heavy atom. The molecule has 1 unspecified atom stereocenters. The molecule has 0 saturated carbocycles. The van der Waals surface area contributed by atoms with E-state index < -0.39 is 0 Å². The number of hydrogen-bond donors (Lipinski definition) is 0. The highest BCUT2D eigenvalue weighted by Gasteiger charge is 2.15. The van der Waals surface area contributed by atoms with Gasteiger partial charge in [-0.05, 0) is 39.7 Å². The summed E-state index contributed by atoms with van der Waals surface area (Å²) in [6.07, 6.45) is -0.281. The number of fused-ring (bicyclic) bond motifs is 2. The van der Waals surface area contributed by atoms with Crippen LogP contribution in [0.3, 0.4) is 0 Å². The molecule has 0 radical (unpaired) electrons. The molecule has 0 aromatic heterocycles.